The van der Waals surface area contributed by atoms with Gasteiger partial charge in [0.1, 0.15) is 17.4 Å². The average Bonchev–Trinajstić information content (AvgIpc) is 2.87. The molecule has 110 valence electrons. The van der Waals surface area contributed by atoms with Crippen molar-refractivity contribution in [3.05, 3.63) is 29.5 Å². The van der Waals surface area contributed by atoms with Crippen molar-refractivity contribution in [2.75, 3.05) is 26.1 Å². The molecule has 0 unspecified atom stereocenters. The van der Waals surface area contributed by atoms with Crippen molar-refractivity contribution in [3.63, 3.8) is 0 Å². The zero-order chi connectivity index (χ0) is 14.8. The fourth-order valence-corrected chi connectivity index (χ4v) is 2.41. The predicted octanol–water partition coefficient (Wildman–Crippen LogP) is 2.80. The second-order valence-corrected chi connectivity index (χ2v) is 4.98. The highest BCUT2D eigenvalue weighted by Crippen LogP contribution is 2.29. The van der Waals surface area contributed by atoms with E-state index in [1.807, 2.05) is 18.2 Å². The number of aromatic nitrogens is 3. The van der Waals surface area contributed by atoms with Crippen molar-refractivity contribution < 1.29 is 9.47 Å². The van der Waals surface area contributed by atoms with E-state index in [-0.39, 0.29) is 6.29 Å². The Labute approximate surface area is 126 Å². The van der Waals surface area contributed by atoms with Gasteiger partial charge < -0.3 is 19.8 Å². The lowest BCUT2D eigenvalue weighted by atomic mass is 10.2. The first-order chi connectivity index (χ1) is 10.2. The molecule has 2 heterocycles. The van der Waals surface area contributed by atoms with Gasteiger partial charge in [-0.3, -0.25) is 0 Å². The summed E-state index contributed by atoms with van der Waals surface area (Å²) in [6.45, 7) is 0.481. The largest absolute Gasteiger partial charge is 0.363 e. The van der Waals surface area contributed by atoms with Gasteiger partial charge in [-0.25, -0.2) is 9.97 Å². The van der Waals surface area contributed by atoms with Crippen LogP contribution in [0.4, 0.5) is 5.82 Å². The van der Waals surface area contributed by atoms with Crippen LogP contribution in [0.5, 0.6) is 0 Å². The highest BCUT2D eigenvalue weighted by molar-refractivity contribution is 6.31. The normalized spacial score (nSPS) is 11.6. The summed E-state index contributed by atoms with van der Waals surface area (Å²) in [4.78, 5) is 11.9. The summed E-state index contributed by atoms with van der Waals surface area (Å²) >= 11 is 6.05. The second-order valence-electron chi connectivity index (χ2n) is 4.54. The van der Waals surface area contributed by atoms with Gasteiger partial charge in [-0.05, 0) is 18.2 Å². The van der Waals surface area contributed by atoms with Gasteiger partial charge in [0.25, 0.3) is 0 Å². The maximum absolute atomic E-state index is 6.05. The minimum Gasteiger partial charge on any atom is -0.363 e. The number of H-pyrrole nitrogens is 1. The molecule has 0 fully saturated rings. The van der Waals surface area contributed by atoms with E-state index in [9.17, 15) is 0 Å². The van der Waals surface area contributed by atoms with Gasteiger partial charge >= 0.3 is 0 Å². The number of nitrogens with one attached hydrogen (secondary N) is 2. The minimum atomic E-state index is -0.339. The molecule has 2 aromatic heterocycles. The smallest absolute Gasteiger partial charge is 0.173 e. The lowest BCUT2D eigenvalue weighted by molar-refractivity contribution is -0.0914. The van der Waals surface area contributed by atoms with Gasteiger partial charge in [0, 0.05) is 30.1 Å². The molecule has 0 aliphatic carbocycles. The number of fused-ring (bicyclic) bond motifs is 3. The number of halogens is 1. The number of anilines is 1. The number of benzene rings is 1. The van der Waals surface area contributed by atoms with Crippen LogP contribution >= 0.6 is 11.6 Å². The highest BCUT2D eigenvalue weighted by Gasteiger charge is 2.12. The maximum Gasteiger partial charge on any atom is 0.173 e. The molecule has 21 heavy (non-hydrogen) atoms. The van der Waals surface area contributed by atoms with Crippen LogP contribution in [0.3, 0.4) is 0 Å². The monoisotopic (exact) mass is 306 g/mol. The Hall–Kier alpha value is -1.89. The van der Waals surface area contributed by atoms with Crippen LogP contribution < -0.4 is 5.32 Å². The number of hydrogen-bond donors (Lipinski definition) is 2. The number of nitrogens with zero attached hydrogens (tertiary/aromatic N) is 2. The molecule has 0 bridgehead atoms. The fourth-order valence-electron chi connectivity index (χ4n) is 2.24. The van der Waals surface area contributed by atoms with E-state index in [2.05, 4.69) is 20.3 Å². The van der Waals surface area contributed by atoms with Crippen molar-refractivity contribution >= 4 is 39.4 Å². The summed E-state index contributed by atoms with van der Waals surface area (Å²) in [6, 6.07) is 5.65. The third kappa shape index (κ3) is 2.65. The van der Waals surface area contributed by atoms with E-state index in [0.29, 0.717) is 17.4 Å². The predicted molar refractivity (Wildman–Crippen MR) is 82.7 cm³/mol. The Kier molecular flexibility index (Phi) is 3.92. The van der Waals surface area contributed by atoms with E-state index in [4.69, 9.17) is 21.1 Å². The molecular weight excluding hydrogens is 292 g/mol. The van der Waals surface area contributed by atoms with Crippen LogP contribution in [0, 0.1) is 0 Å². The first-order valence-electron chi connectivity index (χ1n) is 6.44. The van der Waals surface area contributed by atoms with Gasteiger partial charge in [0.15, 0.2) is 12.1 Å². The molecule has 0 aliphatic heterocycles. The zero-order valence-electron chi connectivity index (χ0n) is 11.7. The summed E-state index contributed by atoms with van der Waals surface area (Å²) < 4.78 is 10.3. The first-order valence-corrected chi connectivity index (χ1v) is 6.82. The lowest BCUT2D eigenvalue weighted by Crippen LogP contribution is -2.24. The van der Waals surface area contributed by atoms with Gasteiger partial charge in [0.2, 0.25) is 0 Å². The van der Waals surface area contributed by atoms with Gasteiger partial charge in [-0.15, -0.1) is 0 Å². The molecule has 0 saturated heterocycles. The molecule has 2 N–H and O–H groups in total. The van der Waals surface area contributed by atoms with Crippen LogP contribution in [0.25, 0.3) is 21.9 Å². The Morgan fingerprint density at radius 1 is 1.29 bits per heavy atom. The van der Waals surface area contributed by atoms with Crippen molar-refractivity contribution in [2.45, 2.75) is 6.29 Å². The molecule has 1 aromatic carbocycles. The van der Waals surface area contributed by atoms with Gasteiger partial charge in [0.05, 0.1) is 6.54 Å². The van der Waals surface area contributed by atoms with Gasteiger partial charge in [-0.2, -0.15) is 0 Å². The van der Waals surface area contributed by atoms with Crippen molar-refractivity contribution in [3.8, 4) is 0 Å². The summed E-state index contributed by atoms with van der Waals surface area (Å²) in [5.74, 6) is 0.700. The molecule has 0 radical (unpaired) electrons. The molecule has 3 rings (SSSR count). The van der Waals surface area contributed by atoms with Crippen LogP contribution in [-0.2, 0) is 9.47 Å². The SMILES string of the molecule is COC(CNc1ncnc2c1[nH]c1ccc(Cl)cc12)OC. The molecule has 0 amide bonds. The number of ether oxygens (including phenoxy) is 2. The Morgan fingerprint density at radius 2 is 2.10 bits per heavy atom. The summed E-state index contributed by atoms with van der Waals surface area (Å²) in [5.41, 5.74) is 2.63. The number of rotatable bonds is 5. The fraction of sp³-hybridized carbons (Fsp3) is 0.286. The quantitative estimate of drug-likeness (QED) is 0.709. The average molecular weight is 307 g/mol. The number of methoxy groups -OCH3 is 2. The molecule has 0 saturated carbocycles. The molecule has 0 spiro atoms. The second kappa shape index (κ2) is 5.85. The third-order valence-electron chi connectivity index (χ3n) is 3.31. The van der Waals surface area contributed by atoms with Crippen LogP contribution in [0.15, 0.2) is 24.5 Å². The Morgan fingerprint density at radius 3 is 2.86 bits per heavy atom. The van der Waals surface area contributed by atoms with E-state index >= 15 is 0 Å². The topological polar surface area (TPSA) is 72.1 Å². The van der Waals surface area contributed by atoms with E-state index in [1.165, 1.54) is 6.33 Å². The van der Waals surface area contributed by atoms with Crippen LogP contribution in [0.2, 0.25) is 5.02 Å². The lowest BCUT2D eigenvalue weighted by Gasteiger charge is -2.14. The van der Waals surface area contributed by atoms with Crippen LogP contribution in [-0.4, -0.2) is 42.0 Å². The maximum atomic E-state index is 6.05. The summed E-state index contributed by atoms with van der Waals surface area (Å²) in [7, 11) is 3.19. The van der Waals surface area contributed by atoms with E-state index in [0.717, 1.165) is 21.9 Å². The van der Waals surface area contributed by atoms with Crippen molar-refractivity contribution in [1.29, 1.82) is 0 Å². The van der Waals surface area contributed by atoms with Crippen LogP contribution in [0.1, 0.15) is 0 Å². The van der Waals surface area contributed by atoms with Crippen molar-refractivity contribution in [1.82, 2.24) is 15.0 Å². The van der Waals surface area contributed by atoms with E-state index in [1.54, 1.807) is 14.2 Å². The molecule has 3 aromatic rings. The van der Waals surface area contributed by atoms with Gasteiger partial charge in [-0.1, -0.05) is 11.6 Å². The summed E-state index contributed by atoms with van der Waals surface area (Å²) in [6.07, 6.45) is 1.18. The minimum absolute atomic E-state index is 0.339. The van der Waals surface area contributed by atoms with E-state index < -0.39 is 0 Å². The molecule has 6 nitrogen and oxygen atoms in total. The third-order valence-corrected chi connectivity index (χ3v) is 3.54. The summed E-state index contributed by atoms with van der Waals surface area (Å²) in [5, 5.41) is 4.85. The standard InChI is InChI=1S/C14H15ClN4O2/c1-20-11(21-2)6-16-14-13-12(17-7-18-14)9-5-8(15)3-4-10(9)19-13/h3-5,7,11,19H,6H2,1-2H3,(H,16,17,18). The zero-order valence-corrected chi connectivity index (χ0v) is 12.4. The number of hydrogen-bond acceptors (Lipinski definition) is 5. The molecule has 7 heteroatoms. The molecule has 0 atom stereocenters. The molecular formula is C14H15ClN4O2. The Bertz CT molecular complexity index is 770. The number of aromatic amines is 1. The Balaban J connectivity index is 2.01. The first kappa shape index (κ1) is 14.1. The highest BCUT2D eigenvalue weighted by atomic mass is 35.5. The molecule has 0 aliphatic rings. The van der Waals surface area contributed by atoms with Crippen molar-refractivity contribution in [2.24, 2.45) is 0 Å².